The Hall–Kier alpha value is -3.18. The number of methoxy groups -OCH3 is 2. The summed E-state index contributed by atoms with van der Waals surface area (Å²) in [7, 11) is 3.38. The van der Waals surface area contributed by atoms with E-state index in [2.05, 4.69) is 41.7 Å². The molecule has 1 atom stereocenters. The molecular weight excluding hydrogens is 378 g/mol. The summed E-state index contributed by atoms with van der Waals surface area (Å²) in [6.45, 7) is 2.25. The molecular formula is C25H28NO4+. The SMILES string of the molecule is COc1ccc(C[NH2+]CC[C@@H](c2ccc(OC)cc2)c2ccc3c(c2)OCO3)cc1. The fraction of sp³-hybridized carbons (Fsp3) is 0.280. The van der Waals surface area contributed by atoms with E-state index in [4.69, 9.17) is 18.9 Å². The zero-order chi connectivity index (χ0) is 20.8. The van der Waals surface area contributed by atoms with Crippen molar-refractivity contribution in [2.24, 2.45) is 0 Å². The van der Waals surface area contributed by atoms with Gasteiger partial charge in [-0.1, -0.05) is 18.2 Å². The smallest absolute Gasteiger partial charge is 0.231 e. The molecule has 156 valence electrons. The summed E-state index contributed by atoms with van der Waals surface area (Å²) < 4.78 is 21.6. The first-order valence-electron chi connectivity index (χ1n) is 10.2. The standard InChI is InChI=1S/C25H27NO4/c1-27-21-8-3-18(4-9-21)16-26-14-13-23(19-5-10-22(28-2)11-6-19)20-7-12-24-25(15-20)30-17-29-24/h3-12,15,23,26H,13-14,16-17H2,1-2H3/p+1/t23-/m0/s1. The van der Waals surface area contributed by atoms with E-state index in [1.165, 1.54) is 16.7 Å². The number of ether oxygens (including phenoxy) is 4. The van der Waals surface area contributed by atoms with Gasteiger partial charge in [-0.2, -0.15) is 0 Å². The molecule has 0 unspecified atom stereocenters. The predicted octanol–water partition coefficient (Wildman–Crippen LogP) is 3.72. The number of hydrogen-bond acceptors (Lipinski definition) is 4. The Morgan fingerprint density at radius 1 is 0.800 bits per heavy atom. The number of nitrogens with two attached hydrogens (primary N) is 1. The van der Waals surface area contributed by atoms with Gasteiger partial charge < -0.3 is 24.3 Å². The van der Waals surface area contributed by atoms with E-state index in [-0.39, 0.29) is 5.92 Å². The van der Waals surface area contributed by atoms with Crippen molar-refractivity contribution in [1.29, 1.82) is 0 Å². The highest BCUT2D eigenvalue weighted by atomic mass is 16.7. The van der Waals surface area contributed by atoms with E-state index in [0.717, 1.165) is 42.5 Å². The molecule has 5 heteroatoms. The molecule has 0 bridgehead atoms. The van der Waals surface area contributed by atoms with E-state index < -0.39 is 0 Å². The fourth-order valence-corrected chi connectivity index (χ4v) is 3.81. The second-order valence-electron chi connectivity index (χ2n) is 7.36. The van der Waals surface area contributed by atoms with E-state index in [1.54, 1.807) is 14.2 Å². The van der Waals surface area contributed by atoms with Crippen molar-refractivity contribution in [2.75, 3.05) is 27.6 Å². The number of hydrogen-bond donors (Lipinski definition) is 1. The minimum atomic E-state index is 0.275. The largest absolute Gasteiger partial charge is 0.497 e. The lowest BCUT2D eigenvalue weighted by Gasteiger charge is -2.18. The number of rotatable bonds is 9. The second-order valence-corrected chi connectivity index (χ2v) is 7.36. The molecule has 0 radical (unpaired) electrons. The van der Waals surface area contributed by atoms with Crippen LogP contribution in [0, 0.1) is 0 Å². The second kappa shape index (κ2) is 9.55. The van der Waals surface area contributed by atoms with Crippen LogP contribution in [0.25, 0.3) is 0 Å². The number of fused-ring (bicyclic) bond motifs is 1. The molecule has 1 aliphatic rings. The maximum Gasteiger partial charge on any atom is 0.231 e. The van der Waals surface area contributed by atoms with Crippen LogP contribution in [0.5, 0.6) is 23.0 Å². The first-order chi connectivity index (χ1) is 14.8. The van der Waals surface area contributed by atoms with Gasteiger partial charge in [0.05, 0.1) is 20.8 Å². The summed E-state index contributed by atoms with van der Waals surface area (Å²) in [5, 5.41) is 2.35. The van der Waals surface area contributed by atoms with Crippen molar-refractivity contribution >= 4 is 0 Å². The average Bonchev–Trinajstić information content (AvgIpc) is 3.27. The molecule has 0 aromatic heterocycles. The highest BCUT2D eigenvalue weighted by molar-refractivity contribution is 5.47. The maximum absolute atomic E-state index is 5.60. The van der Waals surface area contributed by atoms with E-state index >= 15 is 0 Å². The molecule has 0 spiro atoms. The van der Waals surface area contributed by atoms with Crippen molar-refractivity contribution in [1.82, 2.24) is 0 Å². The van der Waals surface area contributed by atoms with Crippen molar-refractivity contribution in [3.05, 3.63) is 83.4 Å². The number of benzene rings is 3. The van der Waals surface area contributed by atoms with Gasteiger partial charge in [0, 0.05) is 17.9 Å². The van der Waals surface area contributed by atoms with Gasteiger partial charge in [-0.15, -0.1) is 0 Å². The number of quaternary nitrogens is 1. The molecule has 30 heavy (non-hydrogen) atoms. The van der Waals surface area contributed by atoms with E-state index in [0.29, 0.717) is 6.79 Å². The third-order valence-electron chi connectivity index (χ3n) is 5.52. The average molecular weight is 407 g/mol. The molecule has 2 N–H and O–H groups in total. The Kier molecular flexibility index (Phi) is 6.40. The fourth-order valence-electron chi connectivity index (χ4n) is 3.81. The van der Waals surface area contributed by atoms with Crippen LogP contribution in [0.2, 0.25) is 0 Å². The predicted molar refractivity (Wildman–Crippen MR) is 116 cm³/mol. The van der Waals surface area contributed by atoms with Gasteiger partial charge in [-0.05, 0) is 59.7 Å². The van der Waals surface area contributed by atoms with Crippen LogP contribution in [0.1, 0.15) is 29.0 Å². The summed E-state index contributed by atoms with van der Waals surface area (Å²) in [6.07, 6.45) is 1.02. The van der Waals surface area contributed by atoms with Crippen LogP contribution < -0.4 is 24.3 Å². The van der Waals surface area contributed by atoms with Gasteiger partial charge in [0.1, 0.15) is 18.0 Å². The van der Waals surface area contributed by atoms with E-state index in [1.807, 2.05) is 30.3 Å². The Labute approximate surface area is 177 Å². The quantitative estimate of drug-likeness (QED) is 0.551. The molecule has 3 aromatic carbocycles. The van der Waals surface area contributed by atoms with Gasteiger partial charge >= 0.3 is 0 Å². The molecule has 3 aromatic rings. The Morgan fingerprint density at radius 2 is 1.43 bits per heavy atom. The zero-order valence-corrected chi connectivity index (χ0v) is 17.5. The monoisotopic (exact) mass is 406 g/mol. The molecule has 0 saturated heterocycles. The van der Waals surface area contributed by atoms with Crippen molar-refractivity contribution in [3.8, 4) is 23.0 Å². The van der Waals surface area contributed by atoms with Gasteiger partial charge in [0.25, 0.3) is 0 Å². The van der Waals surface area contributed by atoms with Gasteiger partial charge in [0.15, 0.2) is 11.5 Å². The van der Waals surface area contributed by atoms with Crippen LogP contribution in [-0.2, 0) is 6.54 Å². The first kappa shape index (κ1) is 20.1. The lowest BCUT2D eigenvalue weighted by molar-refractivity contribution is -0.671. The summed E-state index contributed by atoms with van der Waals surface area (Å²) in [6, 6.07) is 22.9. The Balaban J connectivity index is 1.45. The molecule has 0 saturated carbocycles. The summed E-state index contributed by atoms with van der Waals surface area (Å²) in [5.41, 5.74) is 3.80. The van der Waals surface area contributed by atoms with Crippen molar-refractivity contribution in [2.45, 2.75) is 18.9 Å². The first-order valence-corrected chi connectivity index (χ1v) is 10.2. The van der Waals surface area contributed by atoms with Crippen molar-refractivity contribution in [3.63, 3.8) is 0 Å². The van der Waals surface area contributed by atoms with Crippen LogP contribution in [-0.4, -0.2) is 27.6 Å². The highest BCUT2D eigenvalue weighted by Gasteiger charge is 2.20. The lowest BCUT2D eigenvalue weighted by atomic mass is 9.88. The summed E-state index contributed by atoms with van der Waals surface area (Å²) >= 11 is 0. The summed E-state index contributed by atoms with van der Waals surface area (Å²) in [5.74, 6) is 3.68. The Morgan fingerprint density at radius 3 is 2.13 bits per heavy atom. The van der Waals surface area contributed by atoms with Crippen LogP contribution in [0.4, 0.5) is 0 Å². The lowest BCUT2D eigenvalue weighted by Crippen LogP contribution is -2.82. The molecule has 1 heterocycles. The van der Waals surface area contributed by atoms with Crippen molar-refractivity contribution < 1.29 is 24.3 Å². The zero-order valence-electron chi connectivity index (χ0n) is 17.5. The molecule has 0 amide bonds. The summed E-state index contributed by atoms with van der Waals surface area (Å²) in [4.78, 5) is 0. The van der Waals surface area contributed by atoms with Gasteiger partial charge in [-0.25, -0.2) is 0 Å². The van der Waals surface area contributed by atoms with Crippen LogP contribution in [0.3, 0.4) is 0 Å². The molecule has 0 aliphatic carbocycles. The van der Waals surface area contributed by atoms with Gasteiger partial charge in [-0.3, -0.25) is 0 Å². The molecule has 4 rings (SSSR count). The van der Waals surface area contributed by atoms with Crippen LogP contribution >= 0.6 is 0 Å². The molecule has 1 aliphatic heterocycles. The van der Waals surface area contributed by atoms with Crippen LogP contribution in [0.15, 0.2) is 66.7 Å². The van der Waals surface area contributed by atoms with Gasteiger partial charge in [0.2, 0.25) is 6.79 Å². The molecule has 0 fully saturated rings. The topological polar surface area (TPSA) is 53.5 Å². The molecule has 5 nitrogen and oxygen atoms in total. The minimum Gasteiger partial charge on any atom is -0.497 e. The third-order valence-corrected chi connectivity index (χ3v) is 5.52. The highest BCUT2D eigenvalue weighted by Crippen LogP contribution is 2.37. The minimum absolute atomic E-state index is 0.275. The van der Waals surface area contributed by atoms with E-state index in [9.17, 15) is 0 Å². The Bertz CT molecular complexity index is 954. The normalized spacial score (nSPS) is 13.1. The third kappa shape index (κ3) is 4.69. The maximum atomic E-state index is 5.60.